The van der Waals surface area contributed by atoms with Gasteiger partial charge in [-0.1, -0.05) is 19.3 Å². The van der Waals surface area contributed by atoms with Gasteiger partial charge in [0.2, 0.25) is 5.24 Å². The minimum atomic E-state index is -0.238. The van der Waals surface area contributed by atoms with E-state index in [4.69, 9.17) is 11.6 Å². The van der Waals surface area contributed by atoms with Crippen molar-refractivity contribution in [2.45, 2.75) is 44.6 Å². The molecule has 1 fully saturated rings. The molecule has 0 heterocycles. The number of hydrogen-bond acceptors (Lipinski definition) is 2. The van der Waals surface area contributed by atoms with E-state index >= 15 is 0 Å². The number of carbonyl (C=O) groups excluding carboxylic acids is 1. The summed E-state index contributed by atoms with van der Waals surface area (Å²) in [5.74, 6) is 0. The predicted octanol–water partition coefficient (Wildman–Crippen LogP) is 2.06. The molecule has 3 heteroatoms. The van der Waals surface area contributed by atoms with Crippen LogP contribution in [0.4, 0.5) is 0 Å². The summed E-state index contributed by atoms with van der Waals surface area (Å²) in [5, 5.41) is 3.11. The Morgan fingerprint density at radius 3 is 2.58 bits per heavy atom. The van der Waals surface area contributed by atoms with Crippen LogP contribution in [0.15, 0.2) is 0 Å². The van der Waals surface area contributed by atoms with Gasteiger partial charge < -0.3 is 5.32 Å². The summed E-state index contributed by atoms with van der Waals surface area (Å²) in [7, 11) is 0. The van der Waals surface area contributed by atoms with E-state index in [1.165, 1.54) is 32.1 Å². The van der Waals surface area contributed by atoms with Crippen molar-refractivity contribution >= 4 is 16.8 Å². The zero-order valence-electron chi connectivity index (χ0n) is 7.31. The van der Waals surface area contributed by atoms with Crippen molar-refractivity contribution in [1.29, 1.82) is 0 Å². The standard InChI is InChI=1S/C9H16ClNO/c10-9(12)6-7-11-8-4-2-1-3-5-8/h8,11H,1-7H2. The van der Waals surface area contributed by atoms with Gasteiger partial charge >= 0.3 is 0 Å². The Bertz CT molecular complexity index is 143. The second-order valence-electron chi connectivity index (χ2n) is 3.39. The zero-order valence-corrected chi connectivity index (χ0v) is 8.07. The Hall–Kier alpha value is -0.0800. The summed E-state index contributed by atoms with van der Waals surface area (Å²) in [6.07, 6.45) is 7.00. The first-order valence-electron chi connectivity index (χ1n) is 4.71. The average Bonchev–Trinajstić information content (AvgIpc) is 2.05. The van der Waals surface area contributed by atoms with Crippen molar-refractivity contribution in [1.82, 2.24) is 5.32 Å². The number of hydrogen-bond donors (Lipinski definition) is 1. The fourth-order valence-electron chi connectivity index (χ4n) is 1.68. The first kappa shape index (κ1) is 10.0. The second kappa shape index (κ2) is 5.55. The Balaban J connectivity index is 2.01. The Labute approximate surface area is 78.7 Å². The van der Waals surface area contributed by atoms with Crippen molar-refractivity contribution in [3.63, 3.8) is 0 Å². The fraction of sp³-hybridized carbons (Fsp3) is 0.889. The van der Waals surface area contributed by atoms with Gasteiger partial charge in [0.15, 0.2) is 0 Å². The van der Waals surface area contributed by atoms with Crippen LogP contribution in [-0.2, 0) is 4.79 Å². The third kappa shape index (κ3) is 4.07. The molecule has 0 bridgehead atoms. The van der Waals surface area contributed by atoms with Gasteiger partial charge in [-0.15, -0.1) is 0 Å². The molecule has 0 aromatic carbocycles. The quantitative estimate of drug-likeness (QED) is 0.686. The van der Waals surface area contributed by atoms with E-state index in [2.05, 4.69) is 5.32 Å². The van der Waals surface area contributed by atoms with Gasteiger partial charge in [0.05, 0.1) is 0 Å². The van der Waals surface area contributed by atoms with Crippen molar-refractivity contribution < 1.29 is 4.79 Å². The van der Waals surface area contributed by atoms with E-state index in [0.717, 1.165) is 6.54 Å². The lowest BCUT2D eigenvalue weighted by atomic mass is 9.95. The third-order valence-corrected chi connectivity index (χ3v) is 2.55. The molecule has 0 saturated heterocycles. The van der Waals surface area contributed by atoms with Gasteiger partial charge in [-0.2, -0.15) is 0 Å². The molecule has 1 aliphatic rings. The highest BCUT2D eigenvalue weighted by Gasteiger charge is 2.11. The molecule has 0 aliphatic heterocycles. The van der Waals surface area contributed by atoms with Gasteiger partial charge in [0, 0.05) is 19.0 Å². The molecule has 1 aliphatic carbocycles. The number of halogens is 1. The first-order chi connectivity index (χ1) is 5.79. The van der Waals surface area contributed by atoms with E-state index in [1.54, 1.807) is 0 Å². The highest BCUT2D eigenvalue weighted by atomic mass is 35.5. The van der Waals surface area contributed by atoms with Gasteiger partial charge in [-0.25, -0.2) is 0 Å². The molecular weight excluding hydrogens is 174 g/mol. The van der Waals surface area contributed by atoms with Crippen LogP contribution in [0.1, 0.15) is 38.5 Å². The maximum absolute atomic E-state index is 10.4. The lowest BCUT2D eigenvalue weighted by Crippen LogP contribution is -2.32. The number of carbonyl (C=O) groups is 1. The third-order valence-electron chi connectivity index (χ3n) is 2.36. The van der Waals surface area contributed by atoms with Crippen LogP contribution in [0.25, 0.3) is 0 Å². The van der Waals surface area contributed by atoms with Crippen LogP contribution in [0.3, 0.4) is 0 Å². The number of nitrogens with one attached hydrogen (secondary N) is 1. The van der Waals surface area contributed by atoms with Crippen molar-refractivity contribution in [3.05, 3.63) is 0 Å². The summed E-state index contributed by atoms with van der Waals surface area (Å²) < 4.78 is 0. The minimum Gasteiger partial charge on any atom is -0.313 e. The van der Waals surface area contributed by atoms with E-state index in [-0.39, 0.29) is 5.24 Å². The normalized spacial score (nSPS) is 19.4. The largest absolute Gasteiger partial charge is 0.313 e. The van der Waals surface area contributed by atoms with E-state index in [9.17, 15) is 4.79 Å². The predicted molar refractivity (Wildman–Crippen MR) is 50.4 cm³/mol. The number of rotatable bonds is 4. The van der Waals surface area contributed by atoms with Crippen LogP contribution < -0.4 is 5.32 Å². The van der Waals surface area contributed by atoms with E-state index in [0.29, 0.717) is 12.5 Å². The summed E-state index contributed by atoms with van der Waals surface area (Å²) >= 11 is 5.22. The molecule has 1 N–H and O–H groups in total. The topological polar surface area (TPSA) is 29.1 Å². The Kier molecular flexibility index (Phi) is 4.62. The second-order valence-corrected chi connectivity index (χ2v) is 3.82. The molecule has 0 unspecified atom stereocenters. The summed E-state index contributed by atoms with van der Waals surface area (Å²) in [6.45, 7) is 0.743. The molecule has 1 rings (SSSR count). The maximum Gasteiger partial charge on any atom is 0.222 e. The van der Waals surface area contributed by atoms with E-state index < -0.39 is 0 Å². The van der Waals surface area contributed by atoms with Crippen LogP contribution in [0.5, 0.6) is 0 Å². The van der Waals surface area contributed by atoms with Crippen molar-refractivity contribution in [2.24, 2.45) is 0 Å². The summed E-state index contributed by atoms with van der Waals surface area (Å²) in [6, 6.07) is 0.634. The average molecular weight is 190 g/mol. The molecule has 70 valence electrons. The molecule has 1 saturated carbocycles. The lowest BCUT2D eigenvalue weighted by molar-refractivity contribution is -0.111. The lowest BCUT2D eigenvalue weighted by Gasteiger charge is -2.22. The molecular formula is C9H16ClNO. The van der Waals surface area contributed by atoms with Gasteiger partial charge in [0.1, 0.15) is 0 Å². The smallest absolute Gasteiger partial charge is 0.222 e. The zero-order chi connectivity index (χ0) is 8.81. The Morgan fingerprint density at radius 2 is 2.00 bits per heavy atom. The molecule has 0 radical (unpaired) electrons. The summed E-state index contributed by atoms with van der Waals surface area (Å²) in [5.41, 5.74) is 0. The Morgan fingerprint density at radius 1 is 1.33 bits per heavy atom. The molecule has 0 atom stereocenters. The highest BCUT2D eigenvalue weighted by Crippen LogP contribution is 2.17. The van der Waals surface area contributed by atoms with Crippen molar-refractivity contribution in [3.8, 4) is 0 Å². The summed E-state index contributed by atoms with van der Waals surface area (Å²) in [4.78, 5) is 10.4. The van der Waals surface area contributed by atoms with E-state index in [1.807, 2.05) is 0 Å². The van der Waals surface area contributed by atoms with Gasteiger partial charge in [-0.3, -0.25) is 4.79 Å². The monoisotopic (exact) mass is 189 g/mol. The first-order valence-corrected chi connectivity index (χ1v) is 5.08. The van der Waals surface area contributed by atoms with Crippen LogP contribution in [0.2, 0.25) is 0 Å². The minimum absolute atomic E-state index is 0.238. The van der Waals surface area contributed by atoms with Crippen LogP contribution in [-0.4, -0.2) is 17.8 Å². The molecule has 0 amide bonds. The highest BCUT2D eigenvalue weighted by molar-refractivity contribution is 6.63. The fourth-order valence-corrected chi connectivity index (χ4v) is 1.78. The molecule has 0 aromatic heterocycles. The van der Waals surface area contributed by atoms with Gasteiger partial charge in [-0.05, 0) is 24.4 Å². The SMILES string of the molecule is O=C(Cl)CCNC1CCCCC1. The van der Waals surface area contributed by atoms with Crippen LogP contribution >= 0.6 is 11.6 Å². The van der Waals surface area contributed by atoms with Crippen molar-refractivity contribution in [2.75, 3.05) is 6.54 Å². The molecule has 0 aromatic rings. The van der Waals surface area contributed by atoms with Crippen LogP contribution in [0, 0.1) is 0 Å². The van der Waals surface area contributed by atoms with Gasteiger partial charge in [0.25, 0.3) is 0 Å². The molecule has 12 heavy (non-hydrogen) atoms. The molecule has 2 nitrogen and oxygen atoms in total. The maximum atomic E-state index is 10.4. The molecule has 0 spiro atoms.